The van der Waals surface area contributed by atoms with Crippen molar-refractivity contribution < 1.29 is 0 Å². The predicted molar refractivity (Wildman–Crippen MR) is 75.4 cm³/mol. The maximum Gasteiger partial charge on any atom is 0.187 e. The molecule has 0 fully saturated rings. The third-order valence-corrected chi connectivity index (χ3v) is 8.92. The molecule has 0 amide bonds. The lowest BCUT2D eigenvalue weighted by molar-refractivity contribution is 0.602. The van der Waals surface area contributed by atoms with Crippen LogP contribution in [0.3, 0.4) is 0 Å². The molecular formula is C14H23NSi. The van der Waals surface area contributed by atoms with E-state index in [-0.39, 0.29) is 0 Å². The third-order valence-electron chi connectivity index (χ3n) is 3.65. The first-order valence-corrected chi connectivity index (χ1v) is 8.06. The molecule has 0 saturated heterocycles. The van der Waals surface area contributed by atoms with Crippen LogP contribution in [0.25, 0.3) is 0 Å². The summed E-state index contributed by atoms with van der Waals surface area (Å²) in [6.45, 7) is 8.73. The average Bonchev–Trinajstić information content (AvgIpc) is 2.31. The zero-order chi connectivity index (χ0) is 12.2. The molecular weight excluding hydrogens is 210 g/mol. The number of hydrogen-bond donors (Lipinski definition) is 0. The monoisotopic (exact) mass is 233 g/mol. The maximum atomic E-state index is 4.12. The Labute approximate surface area is 101 Å². The van der Waals surface area contributed by atoms with Gasteiger partial charge in [0, 0.05) is 0 Å². The minimum absolute atomic E-state index is 0.683. The van der Waals surface area contributed by atoms with Crippen LogP contribution in [0.4, 0.5) is 0 Å². The van der Waals surface area contributed by atoms with Crippen molar-refractivity contribution in [3.8, 4) is 0 Å². The topological polar surface area (TPSA) is 3.24 Å². The first kappa shape index (κ1) is 13.2. The average molecular weight is 233 g/mol. The Kier molecular flexibility index (Phi) is 4.51. The van der Waals surface area contributed by atoms with Crippen molar-refractivity contribution >= 4 is 13.4 Å². The summed E-state index contributed by atoms with van der Waals surface area (Å²) in [5, 5.41) is 1.46. The van der Waals surface area contributed by atoms with Gasteiger partial charge in [-0.3, -0.25) is 0 Å². The third kappa shape index (κ3) is 2.13. The highest BCUT2D eigenvalue weighted by molar-refractivity contribution is 6.94. The quantitative estimate of drug-likeness (QED) is 0.707. The van der Waals surface area contributed by atoms with E-state index >= 15 is 0 Å². The molecule has 0 radical (unpaired) electrons. The van der Waals surface area contributed by atoms with E-state index in [1.165, 1.54) is 11.6 Å². The summed E-state index contributed by atoms with van der Waals surface area (Å²) in [6.07, 6.45) is 1.20. The van der Waals surface area contributed by atoms with Crippen molar-refractivity contribution in [1.29, 1.82) is 0 Å². The van der Waals surface area contributed by atoms with Gasteiger partial charge in [-0.25, -0.2) is 0 Å². The van der Waals surface area contributed by atoms with Crippen LogP contribution in [0.5, 0.6) is 0 Å². The summed E-state index contributed by atoms with van der Waals surface area (Å²) in [6, 6.07) is 10.8. The van der Waals surface area contributed by atoms with E-state index < -0.39 is 8.24 Å². The van der Waals surface area contributed by atoms with Crippen LogP contribution >= 0.6 is 0 Å². The number of nitrogens with zero attached hydrogens (tertiary/aromatic N) is 1. The summed E-state index contributed by atoms with van der Waals surface area (Å²) in [5.41, 5.74) is 2.90. The van der Waals surface area contributed by atoms with Gasteiger partial charge in [-0.2, -0.15) is 0 Å². The van der Waals surface area contributed by atoms with Crippen molar-refractivity contribution in [2.24, 2.45) is 0 Å². The van der Waals surface area contributed by atoms with Gasteiger partial charge in [-0.15, -0.1) is 6.58 Å². The molecule has 0 spiro atoms. The number of benzene rings is 1. The zero-order valence-electron chi connectivity index (χ0n) is 10.9. The van der Waals surface area contributed by atoms with Crippen LogP contribution in [0, 0.1) is 0 Å². The lowest BCUT2D eigenvalue weighted by Crippen LogP contribution is -2.60. The lowest BCUT2D eigenvalue weighted by atomic mass is 10.4. The van der Waals surface area contributed by atoms with Crippen LogP contribution in [-0.2, 0) is 0 Å². The van der Waals surface area contributed by atoms with Crippen LogP contribution in [0.1, 0.15) is 20.3 Å². The highest BCUT2D eigenvalue weighted by atomic mass is 28.3. The molecule has 88 valence electrons. The minimum Gasteiger partial charge on any atom is -0.322 e. The molecule has 16 heavy (non-hydrogen) atoms. The standard InChI is InChI=1S/C14H23NSi/c1-6-13(3)16(7-2,15(4)5)14-11-9-8-10-12-14/h7-13H,2,6H2,1,3-5H3. The minimum atomic E-state index is -1.73. The number of rotatable bonds is 5. The molecule has 0 aliphatic rings. The Balaban J connectivity index is 3.29. The summed E-state index contributed by atoms with van der Waals surface area (Å²) in [7, 11) is 2.65. The fourth-order valence-corrected chi connectivity index (χ4v) is 6.82. The van der Waals surface area contributed by atoms with Crippen LogP contribution in [-0.4, -0.2) is 26.9 Å². The molecule has 0 saturated carbocycles. The molecule has 1 aromatic carbocycles. The molecule has 0 aliphatic heterocycles. The summed E-state index contributed by atoms with van der Waals surface area (Å²) in [4.78, 5) is 0. The Hall–Kier alpha value is -0.863. The summed E-state index contributed by atoms with van der Waals surface area (Å²) in [5.74, 6) is 0. The van der Waals surface area contributed by atoms with Crippen LogP contribution in [0.15, 0.2) is 42.6 Å². The van der Waals surface area contributed by atoms with E-state index in [2.05, 4.69) is 75.1 Å². The van der Waals surface area contributed by atoms with Crippen molar-refractivity contribution in [3.63, 3.8) is 0 Å². The van der Waals surface area contributed by atoms with E-state index in [0.717, 1.165) is 0 Å². The predicted octanol–water partition coefficient (Wildman–Crippen LogP) is 2.93. The van der Waals surface area contributed by atoms with E-state index in [9.17, 15) is 0 Å². The Bertz CT molecular complexity index is 334. The van der Waals surface area contributed by atoms with Gasteiger partial charge in [-0.05, 0) is 24.8 Å². The molecule has 0 aliphatic carbocycles. The molecule has 0 aromatic heterocycles. The van der Waals surface area contributed by atoms with Crippen molar-refractivity contribution in [1.82, 2.24) is 4.57 Å². The van der Waals surface area contributed by atoms with E-state index in [0.29, 0.717) is 5.54 Å². The molecule has 0 bridgehead atoms. The molecule has 0 heterocycles. The second-order valence-corrected chi connectivity index (χ2v) is 9.12. The highest BCUT2D eigenvalue weighted by Gasteiger charge is 2.39. The van der Waals surface area contributed by atoms with Gasteiger partial charge in [0.05, 0.1) is 0 Å². The largest absolute Gasteiger partial charge is 0.322 e. The smallest absolute Gasteiger partial charge is 0.187 e. The highest BCUT2D eigenvalue weighted by Crippen LogP contribution is 2.27. The van der Waals surface area contributed by atoms with Crippen molar-refractivity contribution in [2.75, 3.05) is 14.1 Å². The summed E-state index contributed by atoms with van der Waals surface area (Å²) < 4.78 is 2.41. The zero-order valence-corrected chi connectivity index (χ0v) is 11.9. The Morgan fingerprint density at radius 1 is 1.31 bits per heavy atom. The van der Waals surface area contributed by atoms with Gasteiger partial charge in [0.2, 0.25) is 0 Å². The van der Waals surface area contributed by atoms with E-state index in [1.807, 2.05) is 0 Å². The van der Waals surface area contributed by atoms with Gasteiger partial charge in [-0.1, -0.05) is 56.3 Å². The SMILES string of the molecule is C=C[Si](c1ccccc1)(C(C)CC)N(C)C. The van der Waals surface area contributed by atoms with E-state index in [1.54, 1.807) is 0 Å². The van der Waals surface area contributed by atoms with Gasteiger partial charge >= 0.3 is 0 Å². The molecule has 2 heteroatoms. The first-order valence-electron chi connectivity index (χ1n) is 5.96. The normalized spacial score (nSPS) is 16.8. The second kappa shape index (κ2) is 5.46. The molecule has 0 N–H and O–H groups in total. The number of hydrogen-bond acceptors (Lipinski definition) is 1. The molecule has 1 rings (SSSR count). The summed E-state index contributed by atoms with van der Waals surface area (Å²) >= 11 is 0. The van der Waals surface area contributed by atoms with Gasteiger partial charge < -0.3 is 4.57 Å². The van der Waals surface area contributed by atoms with Gasteiger partial charge in [0.25, 0.3) is 0 Å². The fourth-order valence-electron chi connectivity index (χ4n) is 2.50. The van der Waals surface area contributed by atoms with Crippen LogP contribution in [0.2, 0.25) is 5.54 Å². The van der Waals surface area contributed by atoms with Crippen molar-refractivity contribution in [2.45, 2.75) is 25.8 Å². The Morgan fingerprint density at radius 3 is 2.25 bits per heavy atom. The molecule has 2 unspecified atom stereocenters. The fraction of sp³-hybridized carbons (Fsp3) is 0.429. The second-order valence-electron chi connectivity index (χ2n) is 4.60. The van der Waals surface area contributed by atoms with Gasteiger partial charge in [0.1, 0.15) is 0 Å². The molecule has 1 aromatic rings. The van der Waals surface area contributed by atoms with Crippen LogP contribution < -0.4 is 5.19 Å². The van der Waals surface area contributed by atoms with E-state index in [4.69, 9.17) is 0 Å². The molecule has 1 nitrogen and oxygen atoms in total. The maximum absolute atomic E-state index is 4.12. The first-order chi connectivity index (χ1) is 7.59. The Morgan fingerprint density at radius 2 is 1.88 bits per heavy atom. The lowest BCUT2D eigenvalue weighted by Gasteiger charge is -2.40. The molecule has 2 atom stereocenters. The van der Waals surface area contributed by atoms with Crippen molar-refractivity contribution in [3.05, 3.63) is 42.6 Å². The van der Waals surface area contributed by atoms with Gasteiger partial charge in [0.15, 0.2) is 8.24 Å².